The number of hydrogen-bond acceptors (Lipinski definition) is 5. The zero-order chi connectivity index (χ0) is 36.3. The average molecular weight is 691 g/mol. The van der Waals surface area contributed by atoms with Gasteiger partial charge in [-0.05, 0) is 91.6 Å². The van der Waals surface area contributed by atoms with E-state index in [9.17, 15) is 0 Å². The molecule has 8 rings (SSSR count). The van der Waals surface area contributed by atoms with Gasteiger partial charge in [0.25, 0.3) is 0 Å². The van der Waals surface area contributed by atoms with Crippen LogP contribution in [-0.2, 0) is 6.42 Å². The van der Waals surface area contributed by atoms with E-state index in [0.717, 1.165) is 76.9 Å². The van der Waals surface area contributed by atoms with Crippen LogP contribution in [0.15, 0.2) is 152 Å². The molecule has 1 aliphatic heterocycles. The van der Waals surface area contributed by atoms with Crippen molar-refractivity contribution in [2.24, 2.45) is 0 Å². The van der Waals surface area contributed by atoms with Gasteiger partial charge in [-0.1, -0.05) is 86.2 Å². The van der Waals surface area contributed by atoms with Gasteiger partial charge in [0.05, 0.1) is 29.0 Å². The van der Waals surface area contributed by atoms with E-state index in [1.165, 1.54) is 21.9 Å². The molecule has 0 saturated heterocycles. The number of terminal acetylenes is 1. The molecule has 0 radical (unpaired) electrons. The van der Waals surface area contributed by atoms with E-state index in [0.29, 0.717) is 0 Å². The summed E-state index contributed by atoms with van der Waals surface area (Å²) in [6.07, 6.45) is 26.0. The molecule has 3 heterocycles. The number of para-hydroxylation sites is 2. The SMILES string of the molecule is C#C/C=C(\C=C/C)n1c2ccccc2c2cc(N3CCN(C4=CCC(N(c5ccccc5)c5ccc(CC)c(C=C)c5)C=C4)c4cncnc43)ccc21. The lowest BCUT2D eigenvalue weighted by Crippen LogP contribution is -2.39. The first-order chi connectivity index (χ1) is 26.1. The number of benzene rings is 4. The van der Waals surface area contributed by atoms with Gasteiger partial charge in [0.15, 0.2) is 5.82 Å². The van der Waals surface area contributed by atoms with Crippen molar-refractivity contribution in [2.75, 3.05) is 27.8 Å². The summed E-state index contributed by atoms with van der Waals surface area (Å²) >= 11 is 0. The Kier molecular flexibility index (Phi) is 9.23. The van der Waals surface area contributed by atoms with Crippen molar-refractivity contribution in [3.63, 3.8) is 0 Å². The molecular weight excluding hydrogens is 649 g/mol. The van der Waals surface area contributed by atoms with Gasteiger partial charge in [-0.15, -0.1) is 6.42 Å². The molecule has 0 bridgehead atoms. The Balaban J connectivity index is 1.11. The predicted octanol–water partition coefficient (Wildman–Crippen LogP) is 10.8. The van der Waals surface area contributed by atoms with Gasteiger partial charge in [0.2, 0.25) is 0 Å². The van der Waals surface area contributed by atoms with Crippen LogP contribution in [0.1, 0.15) is 31.4 Å². The fourth-order valence-electron chi connectivity index (χ4n) is 7.86. The van der Waals surface area contributed by atoms with Crippen LogP contribution in [-0.4, -0.2) is 33.7 Å². The quantitative estimate of drug-likeness (QED) is 0.112. The Morgan fingerprint density at radius 2 is 1.75 bits per heavy atom. The lowest BCUT2D eigenvalue weighted by Gasteiger charge is -2.39. The molecule has 1 unspecified atom stereocenters. The first kappa shape index (κ1) is 33.6. The molecule has 0 N–H and O–H groups in total. The maximum atomic E-state index is 5.76. The Labute approximate surface area is 312 Å². The number of anilines is 5. The Morgan fingerprint density at radius 3 is 2.53 bits per heavy atom. The first-order valence-electron chi connectivity index (χ1n) is 18.3. The minimum absolute atomic E-state index is 0.150. The molecule has 2 aliphatic rings. The molecule has 0 spiro atoms. The summed E-state index contributed by atoms with van der Waals surface area (Å²) in [6, 6.07) is 32.7. The summed E-state index contributed by atoms with van der Waals surface area (Å²) in [5.41, 5.74) is 11.2. The van der Waals surface area contributed by atoms with E-state index >= 15 is 0 Å². The number of hydrogen-bond donors (Lipinski definition) is 0. The van der Waals surface area contributed by atoms with Gasteiger partial charge >= 0.3 is 0 Å². The number of fused-ring (bicyclic) bond motifs is 4. The maximum absolute atomic E-state index is 5.76. The average Bonchev–Trinajstić information content (AvgIpc) is 3.54. The molecule has 6 heteroatoms. The third-order valence-corrected chi connectivity index (χ3v) is 10.3. The van der Waals surface area contributed by atoms with Crippen LogP contribution in [0.25, 0.3) is 33.6 Å². The van der Waals surface area contributed by atoms with Crippen molar-refractivity contribution in [1.82, 2.24) is 14.5 Å². The molecule has 2 aromatic heterocycles. The molecule has 1 aliphatic carbocycles. The second-order valence-corrected chi connectivity index (χ2v) is 13.3. The van der Waals surface area contributed by atoms with E-state index in [1.54, 1.807) is 6.33 Å². The van der Waals surface area contributed by atoms with E-state index < -0.39 is 0 Å². The van der Waals surface area contributed by atoms with Crippen molar-refractivity contribution >= 4 is 62.1 Å². The molecule has 6 aromatic rings. The summed E-state index contributed by atoms with van der Waals surface area (Å²) in [4.78, 5) is 16.5. The second-order valence-electron chi connectivity index (χ2n) is 13.3. The van der Waals surface area contributed by atoms with Crippen molar-refractivity contribution in [3.8, 4) is 12.3 Å². The number of allylic oxidation sites excluding steroid dienone is 5. The Hall–Kier alpha value is -6.58. The number of aryl methyl sites for hydroxylation is 1. The van der Waals surface area contributed by atoms with Crippen LogP contribution < -0.4 is 14.7 Å². The summed E-state index contributed by atoms with van der Waals surface area (Å²) in [7, 11) is 0. The molecule has 53 heavy (non-hydrogen) atoms. The topological polar surface area (TPSA) is 40.4 Å². The monoisotopic (exact) mass is 690 g/mol. The van der Waals surface area contributed by atoms with Crippen LogP contribution in [0.3, 0.4) is 0 Å². The molecule has 0 saturated carbocycles. The predicted molar refractivity (Wildman–Crippen MR) is 224 cm³/mol. The lowest BCUT2D eigenvalue weighted by molar-refractivity contribution is 0.756. The van der Waals surface area contributed by atoms with Crippen molar-refractivity contribution < 1.29 is 0 Å². The highest BCUT2D eigenvalue weighted by Gasteiger charge is 2.29. The second kappa shape index (κ2) is 14.6. The van der Waals surface area contributed by atoms with Crippen LogP contribution in [0, 0.1) is 12.3 Å². The van der Waals surface area contributed by atoms with Crippen molar-refractivity contribution in [1.29, 1.82) is 0 Å². The smallest absolute Gasteiger partial charge is 0.160 e. The molecule has 0 fully saturated rings. The fourth-order valence-corrected chi connectivity index (χ4v) is 7.86. The van der Waals surface area contributed by atoms with E-state index in [1.807, 2.05) is 31.3 Å². The maximum Gasteiger partial charge on any atom is 0.160 e. The minimum Gasteiger partial charge on any atom is -0.336 e. The standard InChI is InChI=1S/C47H42N6/c1-5-14-37(15-6-2)53-44-19-13-12-18-42(44)43-31-40(26-27-45(43)53)51-29-28-50(46-32-48-33-49-47(46)51)36-22-24-39(25-23-36)52(38-16-10-9-11-17-38)41-21-20-34(7-3)35(8-4)30-41/h1,6,8-24,26-27,30-33,39H,4,7,25,28-29H2,2-3H3/b15-6-,37-14+. The summed E-state index contributed by atoms with van der Waals surface area (Å²) < 4.78 is 2.25. The molecule has 4 aromatic carbocycles. The zero-order valence-electron chi connectivity index (χ0n) is 30.2. The Bertz CT molecular complexity index is 2490. The number of nitrogens with zero attached hydrogens (tertiary/aromatic N) is 6. The first-order valence-corrected chi connectivity index (χ1v) is 18.3. The van der Waals surface area contributed by atoms with Gasteiger partial charge in [0, 0.05) is 52.7 Å². The largest absolute Gasteiger partial charge is 0.336 e. The fraction of sp³-hybridized carbons (Fsp3) is 0.149. The molecule has 6 nitrogen and oxygen atoms in total. The highest BCUT2D eigenvalue weighted by Crippen LogP contribution is 2.41. The van der Waals surface area contributed by atoms with Crippen molar-refractivity contribution in [3.05, 3.63) is 163 Å². The summed E-state index contributed by atoms with van der Waals surface area (Å²) in [6.45, 7) is 9.87. The minimum atomic E-state index is 0.150. The van der Waals surface area contributed by atoms with Crippen molar-refractivity contribution in [2.45, 2.75) is 32.7 Å². The Morgan fingerprint density at radius 1 is 0.943 bits per heavy atom. The number of rotatable bonds is 9. The lowest BCUT2D eigenvalue weighted by atomic mass is 9.99. The van der Waals surface area contributed by atoms with E-state index in [2.05, 4.69) is 159 Å². The normalized spacial score (nSPS) is 15.8. The zero-order valence-corrected chi connectivity index (χ0v) is 30.2. The summed E-state index contributed by atoms with van der Waals surface area (Å²) in [5, 5.41) is 2.34. The molecule has 260 valence electrons. The third-order valence-electron chi connectivity index (χ3n) is 10.3. The molecular formula is C47H42N6. The highest BCUT2D eigenvalue weighted by atomic mass is 15.3. The van der Waals surface area contributed by atoms with Gasteiger partial charge in [0.1, 0.15) is 12.0 Å². The number of aromatic nitrogens is 3. The van der Waals surface area contributed by atoms with E-state index in [-0.39, 0.29) is 6.04 Å². The van der Waals surface area contributed by atoms with Gasteiger partial charge in [-0.3, -0.25) is 0 Å². The highest BCUT2D eigenvalue weighted by molar-refractivity contribution is 6.11. The van der Waals surface area contributed by atoms with Crippen LogP contribution in [0.4, 0.5) is 28.6 Å². The van der Waals surface area contributed by atoms with E-state index in [4.69, 9.17) is 11.4 Å². The molecule has 1 atom stereocenters. The molecule has 0 amide bonds. The van der Waals surface area contributed by atoms with Crippen LogP contribution >= 0.6 is 0 Å². The summed E-state index contributed by atoms with van der Waals surface area (Å²) in [5.74, 6) is 3.62. The van der Waals surface area contributed by atoms with Gasteiger partial charge in [-0.2, -0.15) is 0 Å². The third kappa shape index (κ3) is 6.11. The van der Waals surface area contributed by atoms with Crippen LogP contribution in [0.2, 0.25) is 0 Å². The van der Waals surface area contributed by atoms with Gasteiger partial charge in [-0.25, -0.2) is 9.97 Å². The van der Waals surface area contributed by atoms with Gasteiger partial charge < -0.3 is 19.3 Å². The van der Waals surface area contributed by atoms with Crippen LogP contribution in [0.5, 0.6) is 0 Å².